The number of ether oxygens (including phenoxy) is 1. The van der Waals surface area contributed by atoms with Crippen molar-refractivity contribution in [1.29, 1.82) is 0 Å². The Labute approximate surface area is 235 Å². The Kier molecular flexibility index (Phi) is 6.55. The summed E-state index contributed by atoms with van der Waals surface area (Å²) in [5.74, 6) is 1.23. The monoisotopic (exact) mass is 547 g/mol. The summed E-state index contributed by atoms with van der Waals surface area (Å²) in [5, 5.41) is 0.620. The van der Waals surface area contributed by atoms with Crippen LogP contribution in [-0.4, -0.2) is 49.9 Å². The summed E-state index contributed by atoms with van der Waals surface area (Å²) < 4.78 is 22.7. The van der Waals surface area contributed by atoms with Gasteiger partial charge >= 0.3 is 6.03 Å². The van der Waals surface area contributed by atoms with Crippen molar-refractivity contribution < 1.29 is 18.7 Å². The van der Waals surface area contributed by atoms with Gasteiger partial charge in [-0.3, -0.25) is 14.3 Å². The quantitative estimate of drug-likeness (QED) is 0.224. The number of hydrogen-bond acceptors (Lipinski definition) is 5. The minimum absolute atomic E-state index is 0.200. The van der Waals surface area contributed by atoms with E-state index in [9.17, 15) is 14.0 Å². The van der Waals surface area contributed by atoms with Crippen LogP contribution in [-0.2, 0) is 6.54 Å². The van der Waals surface area contributed by atoms with E-state index in [1.165, 1.54) is 33.7 Å². The van der Waals surface area contributed by atoms with Crippen LogP contribution in [0.5, 0.6) is 11.5 Å². The van der Waals surface area contributed by atoms with Crippen LogP contribution < -0.4 is 4.74 Å². The molecule has 0 N–H and O–H groups in total. The van der Waals surface area contributed by atoms with E-state index in [2.05, 4.69) is 14.5 Å². The normalized spacial score (nSPS) is 11.2. The fourth-order valence-electron chi connectivity index (χ4n) is 4.86. The standard InChI is InChI=1S/C32H26FN5O3/c1-20-35-28-17-34-15-14-29(28)37(20)18-21-4-6-22(7-5-21)31(39)27-19-38(32(40)36(2)3)30-16-25(12-13-26(27)30)41-24-10-8-23(33)9-11-24/h4-17,19H,18H2,1-3H3. The van der Waals surface area contributed by atoms with Crippen LogP contribution in [0.4, 0.5) is 9.18 Å². The van der Waals surface area contributed by atoms with E-state index in [-0.39, 0.29) is 17.6 Å². The summed E-state index contributed by atoms with van der Waals surface area (Å²) in [5.41, 5.74) is 4.30. The molecular weight excluding hydrogens is 521 g/mol. The van der Waals surface area contributed by atoms with Crippen LogP contribution >= 0.6 is 0 Å². The van der Waals surface area contributed by atoms with Crippen molar-refractivity contribution in [2.45, 2.75) is 13.5 Å². The van der Waals surface area contributed by atoms with Gasteiger partial charge in [0.05, 0.1) is 17.2 Å². The molecule has 0 aliphatic carbocycles. The van der Waals surface area contributed by atoms with Gasteiger partial charge in [0.15, 0.2) is 5.78 Å². The summed E-state index contributed by atoms with van der Waals surface area (Å²) >= 11 is 0. The minimum atomic E-state index is -0.364. The van der Waals surface area contributed by atoms with Crippen molar-refractivity contribution in [3.8, 4) is 11.5 Å². The highest BCUT2D eigenvalue weighted by Gasteiger charge is 2.21. The number of carbonyl (C=O) groups excluding carboxylic acids is 2. The largest absolute Gasteiger partial charge is 0.457 e. The third-order valence-corrected chi connectivity index (χ3v) is 6.96. The molecule has 0 atom stereocenters. The molecular formula is C32H26FN5O3. The van der Waals surface area contributed by atoms with Crippen LogP contribution in [0.15, 0.2) is 91.4 Å². The summed E-state index contributed by atoms with van der Waals surface area (Å²) in [7, 11) is 3.30. The van der Waals surface area contributed by atoms with Crippen molar-refractivity contribution in [2.24, 2.45) is 0 Å². The second-order valence-electron chi connectivity index (χ2n) is 9.96. The van der Waals surface area contributed by atoms with Gasteiger partial charge < -0.3 is 14.2 Å². The topological polar surface area (TPSA) is 82.2 Å². The Morgan fingerprint density at radius 2 is 1.66 bits per heavy atom. The third-order valence-electron chi connectivity index (χ3n) is 6.96. The molecule has 0 saturated heterocycles. The van der Waals surface area contributed by atoms with E-state index in [4.69, 9.17) is 4.74 Å². The maximum Gasteiger partial charge on any atom is 0.328 e. The SMILES string of the molecule is Cc1nc2cnccc2n1Cc1ccc(C(=O)c2cn(C(=O)N(C)C)c3cc(Oc4ccc(F)cc4)ccc23)cc1. The highest BCUT2D eigenvalue weighted by Crippen LogP contribution is 2.31. The molecule has 204 valence electrons. The molecule has 0 saturated carbocycles. The first-order chi connectivity index (χ1) is 19.8. The Balaban J connectivity index is 1.32. The molecule has 1 amide bonds. The van der Waals surface area contributed by atoms with Crippen molar-refractivity contribution in [1.82, 2.24) is 24.0 Å². The molecule has 0 aliphatic rings. The molecule has 0 fully saturated rings. The number of hydrogen-bond donors (Lipinski definition) is 0. The number of rotatable bonds is 6. The van der Waals surface area contributed by atoms with Crippen LogP contribution in [0, 0.1) is 12.7 Å². The van der Waals surface area contributed by atoms with E-state index in [0.29, 0.717) is 40.1 Å². The van der Waals surface area contributed by atoms with Gasteiger partial charge in [0.25, 0.3) is 0 Å². The van der Waals surface area contributed by atoms with Crippen LogP contribution in [0.25, 0.3) is 21.9 Å². The van der Waals surface area contributed by atoms with Gasteiger partial charge in [-0.25, -0.2) is 14.2 Å². The Hall–Kier alpha value is -5.31. The van der Waals surface area contributed by atoms with E-state index < -0.39 is 0 Å². The molecule has 6 aromatic rings. The van der Waals surface area contributed by atoms with Crippen LogP contribution in [0.1, 0.15) is 27.3 Å². The van der Waals surface area contributed by atoms with E-state index in [0.717, 1.165) is 22.4 Å². The van der Waals surface area contributed by atoms with Gasteiger partial charge in [-0.2, -0.15) is 0 Å². The maximum absolute atomic E-state index is 13.7. The number of pyridine rings is 1. The predicted octanol–water partition coefficient (Wildman–Crippen LogP) is 6.43. The molecule has 0 radical (unpaired) electrons. The summed E-state index contributed by atoms with van der Waals surface area (Å²) in [6.45, 7) is 2.56. The third kappa shape index (κ3) is 4.93. The van der Waals surface area contributed by atoms with Crippen molar-refractivity contribution in [2.75, 3.05) is 14.1 Å². The van der Waals surface area contributed by atoms with Crippen LogP contribution in [0.3, 0.4) is 0 Å². The Morgan fingerprint density at radius 1 is 0.927 bits per heavy atom. The molecule has 0 spiro atoms. The zero-order valence-electron chi connectivity index (χ0n) is 22.7. The van der Waals surface area contributed by atoms with E-state index in [1.807, 2.05) is 25.1 Å². The second-order valence-corrected chi connectivity index (χ2v) is 9.96. The van der Waals surface area contributed by atoms with Gasteiger partial charge in [-0.05, 0) is 55.0 Å². The van der Waals surface area contributed by atoms with Gasteiger partial charge in [-0.1, -0.05) is 24.3 Å². The number of benzene rings is 3. The zero-order valence-corrected chi connectivity index (χ0v) is 22.7. The zero-order chi connectivity index (χ0) is 28.7. The lowest BCUT2D eigenvalue weighted by molar-refractivity contribution is 0.104. The number of aromatic nitrogens is 4. The number of carbonyl (C=O) groups is 2. The van der Waals surface area contributed by atoms with Crippen LogP contribution in [0.2, 0.25) is 0 Å². The number of amides is 1. The number of ketones is 1. The average Bonchev–Trinajstić information content (AvgIpc) is 3.51. The van der Waals surface area contributed by atoms with Gasteiger partial charge in [0.1, 0.15) is 28.7 Å². The molecule has 3 heterocycles. The number of imidazole rings is 1. The molecule has 3 aromatic carbocycles. The Morgan fingerprint density at radius 3 is 2.39 bits per heavy atom. The van der Waals surface area contributed by atoms with Gasteiger partial charge in [-0.15, -0.1) is 0 Å². The fourth-order valence-corrected chi connectivity index (χ4v) is 4.86. The molecule has 3 aromatic heterocycles. The Bertz CT molecular complexity index is 1920. The lowest BCUT2D eigenvalue weighted by Crippen LogP contribution is -2.26. The average molecular weight is 548 g/mol. The van der Waals surface area contributed by atoms with Crippen molar-refractivity contribution in [3.05, 3.63) is 120 Å². The molecule has 0 bridgehead atoms. The smallest absolute Gasteiger partial charge is 0.328 e. The molecule has 9 heteroatoms. The summed E-state index contributed by atoms with van der Waals surface area (Å²) in [6.07, 6.45) is 5.06. The fraction of sp³-hybridized carbons (Fsp3) is 0.125. The molecule has 8 nitrogen and oxygen atoms in total. The number of aryl methyl sites for hydroxylation is 1. The summed E-state index contributed by atoms with van der Waals surface area (Å²) in [4.78, 5) is 36.9. The lowest BCUT2D eigenvalue weighted by atomic mass is 10.0. The van der Waals surface area contributed by atoms with E-state index in [1.54, 1.807) is 63.0 Å². The van der Waals surface area contributed by atoms with Gasteiger partial charge in [0.2, 0.25) is 0 Å². The van der Waals surface area contributed by atoms with E-state index >= 15 is 0 Å². The van der Waals surface area contributed by atoms with Gasteiger partial charge in [0, 0.05) is 55.6 Å². The molecule has 41 heavy (non-hydrogen) atoms. The van der Waals surface area contributed by atoms with Crippen molar-refractivity contribution in [3.63, 3.8) is 0 Å². The number of halogens is 1. The second kappa shape index (κ2) is 10.3. The highest BCUT2D eigenvalue weighted by molar-refractivity contribution is 6.17. The highest BCUT2D eigenvalue weighted by atomic mass is 19.1. The lowest BCUT2D eigenvalue weighted by Gasteiger charge is -2.12. The molecule has 6 rings (SSSR count). The first-order valence-corrected chi connectivity index (χ1v) is 13.0. The molecule has 0 aliphatic heterocycles. The number of fused-ring (bicyclic) bond motifs is 2. The number of nitrogens with zero attached hydrogens (tertiary/aromatic N) is 5. The first kappa shape index (κ1) is 25.9. The first-order valence-electron chi connectivity index (χ1n) is 13.0. The molecule has 0 unspecified atom stereocenters. The predicted molar refractivity (Wildman–Crippen MR) is 154 cm³/mol. The maximum atomic E-state index is 13.7. The van der Waals surface area contributed by atoms with Crippen molar-refractivity contribution >= 4 is 33.8 Å². The minimum Gasteiger partial charge on any atom is -0.457 e. The summed E-state index contributed by atoms with van der Waals surface area (Å²) in [6, 6.07) is 20.0.